The number of amides is 1. The number of halogens is 4. The molecule has 2 aromatic rings. The number of nitrogens with one attached hydrogen (secondary N) is 1. The van der Waals surface area contributed by atoms with Crippen molar-refractivity contribution in [2.24, 2.45) is 0 Å². The summed E-state index contributed by atoms with van der Waals surface area (Å²) in [6.45, 7) is 0. The van der Waals surface area contributed by atoms with E-state index in [1.54, 1.807) is 0 Å². The maximum Gasteiger partial charge on any atom is 0.444 e. The third-order valence-electron chi connectivity index (χ3n) is 2.89. The van der Waals surface area contributed by atoms with E-state index in [-0.39, 0.29) is 22.7 Å². The zero-order chi connectivity index (χ0) is 17.9. The minimum absolute atomic E-state index is 0.101. The van der Waals surface area contributed by atoms with Crippen molar-refractivity contribution >= 4 is 28.9 Å². The number of phenols is 1. The average molecular weight is 361 g/mol. The average Bonchev–Trinajstić information content (AvgIpc) is 2.50. The summed E-state index contributed by atoms with van der Waals surface area (Å²) < 4.78 is 42.6. The normalized spacial score (nSPS) is 12.5. The highest BCUT2D eigenvalue weighted by atomic mass is 35.5. The van der Waals surface area contributed by atoms with Gasteiger partial charge in [-0.05, 0) is 36.4 Å². The van der Waals surface area contributed by atoms with Gasteiger partial charge in [0, 0.05) is 17.3 Å². The van der Waals surface area contributed by atoms with Gasteiger partial charge in [-0.1, -0.05) is 11.6 Å². The second kappa shape index (κ2) is 6.88. The van der Waals surface area contributed by atoms with Gasteiger partial charge in [-0.15, -0.1) is 0 Å². The van der Waals surface area contributed by atoms with Gasteiger partial charge in [-0.25, -0.2) is 4.39 Å². The van der Waals surface area contributed by atoms with E-state index >= 15 is 0 Å². The maximum absolute atomic E-state index is 13.0. The monoisotopic (exact) mass is 360 g/mol. The second-order valence-corrected chi connectivity index (χ2v) is 5.10. The number of benzene rings is 2. The van der Waals surface area contributed by atoms with E-state index in [1.165, 1.54) is 30.3 Å². The molecule has 2 aromatic carbocycles. The summed E-state index contributed by atoms with van der Waals surface area (Å²) in [5, 5.41) is 12.1. The van der Waals surface area contributed by atoms with Gasteiger partial charge in [0.15, 0.2) is 0 Å². The van der Waals surface area contributed by atoms with E-state index in [2.05, 4.69) is 21.7 Å². The van der Waals surface area contributed by atoms with Gasteiger partial charge in [0.25, 0.3) is 11.5 Å². The van der Waals surface area contributed by atoms with Crippen molar-refractivity contribution < 1.29 is 27.8 Å². The fraction of sp³-hybridized carbons (Fsp3) is 0.133. The second-order valence-electron chi connectivity index (χ2n) is 4.72. The molecule has 0 bridgehead atoms. The molecule has 0 saturated heterocycles. The largest absolute Gasteiger partial charge is 0.506 e. The van der Waals surface area contributed by atoms with E-state index in [0.717, 1.165) is 12.1 Å². The summed E-state index contributed by atoms with van der Waals surface area (Å²) >= 11 is 4.68. The zero-order valence-corrected chi connectivity index (χ0v) is 12.7. The number of hydrogen-bond acceptors (Lipinski definition) is 4. The number of aromatic hydroxyl groups is 1. The minimum atomic E-state index is -4.19. The predicted octanol–water partition coefficient (Wildman–Crippen LogP) is 3.73. The molecule has 1 unspecified atom stereocenters. The number of hydrogen-bond donors (Lipinski definition) is 3. The van der Waals surface area contributed by atoms with Gasteiger partial charge in [-0.3, -0.25) is 4.79 Å². The number of carbonyl (C=O) groups excluding carboxylic acids is 1. The van der Waals surface area contributed by atoms with Crippen molar-refractivity contribution in [1.82, 2.24) is 0 Å². The molecule has 0 aromatic heterocycles. The van der Waals surface area contributed by atoms with E-state index in [4.69, 9.17) is 5.73 Å². The van der Waals surface area contributed by atoms with Crippen LogP contribution in [0.15, 0.2) is 42.5 Å². The molecule has 0 spiro atoms. The Bertz CT molecular complexity index is 739. The van der Waals surface area contributed by atoms with Crippen LogP contribution in [0.25, 0.3) is 0 Å². The van der Waals surface area contributed by atoms with Crippen LogP contribution < -0.4 is 15.8 Å². The van der Waals surface area contributed by atoms with Crippen molar-refractivity contribution in [3.8, 4) is 11.5 Å². The van der Waals surface area contributed by atoms with Crippen LogP contribution in [0.2, 0.25) is 0 Å². The Labute approximate surface area is 139 Å². The molecule has 9 heteroatoms. The molecule has 0 fully saturated rings. The fourth-order valence-corrected chi connectivity index (χ4v) is 1.77. The molecule has 0 aliphatic heterocycles. The van der Waals surface area contributed by atoms with Crippen LogP contribution in [0.5, 0.6) is 11.5 Å². The highest BCUT2D eigenvalue weighted by Gasteiger charge is 2.42. The van der Waals surface area contributed by atoms with Crippen molar-refractivity contribution in [1.29, 1.82) is 0 Å². The number of phenolic OH excluding ortho intramolecular Hbond substituents is 1. The van der Waals surface area contributed by atoms with Gasteiger partial charge >= 0.3 is 6.11 Å². The molecule has 0 aliphatic rings. The van der Waals surface area contributed by atoms with Gasteiger partial charge in [0.05, 0.1) is 5.69 Å². The fourth-order valence-electron chi connectivity index (χ4n) is 1.72. The summed E-state index contributed by atoms with van der Waals surface area (Å²) in [5.74, 6) is -1.19. The topological polar surface area (TPSA) is 84.6 Å². The molecular weight excluding hydrogens is 349 g/mol. The lowest BCUT2D eigenvalue weighted by Gasteiger charge is -2.17. The quantitative estimate of drug-likeness (QED) is 0.431. The first kappa shape index (κ1) is 17.7. The van der Waals surface area contributed by atoms with Gasteiger partial charge in [0.2, 0.25) is 0 Å². The van der Waals surface area contributed by atoms with E-state index in [0.29, 0.717) is 5.69 Å². The first-order valence-corrected chi connectivity index (χ1v) is 6.97. The Morgan fingerprint density at radius 3 is 2.42 bits per heavy atom. The Morgan fingerprint density at radius 2 is 1.88 bits per heavy atom. The molecule has 128 valence electrons. The first-order chi connectivity index (χ1) is 11.2. The molecule has 4 N–H and O–H groups in total. The number of ether oxygens (including phenoxy) is 1. The Balaban J connectivity index is 2.08. The van der Waals surface area contributed by atoms with Crippen molar-refractivity contribution in [3.05, 3.63) is 48.0 Å². The van der Waals surface area contributed by atoms with Crippen LogP contribution in [0.4, 0.5) is 24.5 Å². The lowest BCUT2D eigenvalue weighted by Crippen LogP contribution is -2.32. The zero-order valence-electron chi connectivity index (χ0n) is 12.0. The van der Waals surface area contributed by atoms with Crippen molar-refractivity contribution in [3.63, 3.8) is 0 Å². The Morgan fingerprint density at radius 1 is 1.25 bits per heavy atom. The van der Waals surface area contributed by atoms with Crippen LogP contribution in [0.1, 0.15) is 10.4 Å². The summed E-state index contributed by atoms with van der Waals surface area (Å²) in [6.07, 6.45) is -4.19. The summed E-state index contributed by atoms with van der Waals surface area (Å²) in [6, 6.07) is 8.65. The molecule has 5 nitrogen and oxygen atoms in total. The lowest BCUT2D eigenvalue weighted by atomic mass is 10.2. The minimum Gasteiger partial charge on any atom is -0.506 e. The Hall–Kier alpha value is -2.61. The standard InChI is InChI=1S/C15H12ClF3N2O3/c16-14(17)15(18,19)24-10-4-1-8(2-5-10)13(23)21-11-6-3-9(20)7-12(11)22/h1-7,14,22H,20H2,(H,21,23). The SMILES string of the molecule is Nc1ccc(NC(=O)c2ccc(OC(F)(F)C(F)Cl)cc2)c(O)c1. The molecule has 0 saturated carbocycles. The van der Waals surface area contributed by atoms with E-state index < -0.39 is 17.6 Å². The molecular formula is C15H12ClF3N2O3. The summed E-state index contributed by atoms with van der Waals surface area (Å²) in [4.78, 5) is 12.0. The molecule has 0 radical (unpaired) electrons. The van der Waals surface area contributed by atoms with E-state index in [9.17, 15) is 23.1 Å². The molecule has 0 aliphatic carbocycles. The highest BCUT2D eigenvalue weighted by molar-refractivity contribution is 6.20. The summed E-state index contributed by atoms with van der Waals surface area (Å²) in [7, 11) is 0. The number of anilines is 2. The lowest BCUT2D eigenvalue weighted by molar-refractivity contribution is -0.199. The van der Waals surface area contributed by atoms with Crippen LogP contribution in [0, 0.1) is 0 Å². The smallest absolute Gasteiger partial charge is 0.444 e. The van der Waals surface area contributed by atoms with Crippen LogP contribution in [-0.4, -0.2) is 22.8 Å². The number of carbonyl (C=O) groups is 1. The first-order valence-electron chi connectivity index (χ1n) is 6.54. The number of alkyl halides is 4. The third kappa shape index (κ3) is 4.23. The van der Waals surface area contributed by atoms with Crippen LogP contribution in [0.3, 0.4) is 0 Å². The highest BCUT2D eigenvalue weighted by Crippen LogP contribution is 2.29. The molecule has 24 heavy (non-hydrogen) atoms. The molecule has 0 heterocycles. The van der Waals surface area contributed by atoms with Crippen LogP contribution in [-0.2, 0) is 0 Å². The molecule has 2 rings (SSSR count). The third-order valence-corrected chi connectivity index (χ3v) is 3.15. The van der Waals surface area contributed by atoms with Crippen molar-refractivity contribution in [2.45, 2.75) is 11.7 Å². The van der Waals surface area contributed by atoms with E-state index in [1.807, 2.05) is 0 Å². The molecule has 1 atom stereocenters. The van der Waals surface area contributed by atoms with Gasteiger partial charge < -0.3 is 20.9 Å². The number of nitrogens with two attached hydrogens (primary N) is 1. The van der Waals surface area contributed by atoms with Gasteiger partial charge in [0.1, 0.15) is 11.5 Å². The maximum atomic E-state index is 13.0. The molecule has 1 amide bonds. The summed E-state index contributed by atoms with van der Waals surface area (Å²) in [5.41, 5.74) is 3.02. The predicted molar refractivity (Wildman–Crippen MR) is 83.2 cm³/mol. The van der Waals surface area contributed by atoms with Crippen LogP contribution >= 0.6 is 11.6 Å². The number of rotatable bonds is 5. The van der Waals surface area contributed by atoms with Gasteiger partial charge in [-0.2, -0.15) is 8.78 Å². The number of nitrogen functional groups attached to an aromatic ring is 1. The Kier molecular flexibility index (Phi) is 5.08. The van der Waals surface area contributed by atoms with Crippen molar-refractivity contribution in [2.75, 3.05) is 11.1 Å².